The molecule has 0 aliphatic heterocycles. The number of carbonyl (C=O) groups excluding carboxylic acids is 1. The van der Waals surface area contributed by atoms with Crippen molar-refractivity contribution >= 4 is 17.3 Å². The molecular weight excluding hydrogens is 283 g/mol. The van der Waals surface area contributed by atoms with Gasteiger partial charge in [0.25, 0.3) is 5.91 Å². The molecule has 21 heavy (non-hydrogen) atoms. The summed E-state index contributed by atoms with van der Waals surface area (Å²) in [5.74, 6) is 1.09. The first-order chi connectivity index (χ1) is 9.95. The van der Waals surface area contributed by atoms with Crippen LogP contribution in [0.4, 0.5) is 24.5 Å². The number of carbonyl (C=O) groups is 1. The summed E-state index contributed by atoms with van der Waals surface area (Å²) in [5, 5.41) is 2.57. The van der Waals surface area contributed by atoms with E-state index in [-0.39, 0.29) is 16.9 Å². The number of nitrogen functional groups attached to an aromatic ring is 1. The molecule has 7 heteroatoms. The van der Waals surface area contributed by atoms with Gasteiger partial charge in [-0.05, 0) is 19.1 Å². The van der Waals surface area contributed by atoms with E-state index in [4.69, 9.17) is 5.84 Å². The zero-order chi connectivity index (χ0) is 15.6. The van der Waals surface area contributed by atoms with Gasteiger partial charge in [-0.15, -0.1) is 0 Å². The number of hydrogen-bond donors (Lipinski definition) is 3. The first-order valence-electron chi connectivity index (χ1n) is 5.96. The van der Waals surface area contributed by atoms with Crippen LogP contribution in [-0.4, -0.2) is 5.91 Å². The van der Waals surface area contributed by atoms with Gasteiger partial charge in [-0.25, -0.2) is 19.0 Å². The predicted molar refractivity (Wildman–Crippen MR) is 72.4 cm³/mol. The highest BCUT2D eigenvalue weighted by Crippen LogP contribution is 2.27. The highest BCUT2D eigenvalue weighted by Gasteiger charge is 2.17. The van der Waals surface area contributed by atoms with Gasteiger partial charge in [-0.1, -0.05) is 12.1 Å². The Morgan fingerprint density at radius 2 is 1.76 bits per heavy atom. The Labute approximate surface area is 118 Å². The standard InChI is InChI=1S/C14H12F3N3O/c1-7-12(16)9(15)6-11(13(7)17)19-10-5-3-2-4-8(10)14(21)20-18/h2-6,19H,18H2,1H3,(H,20,21). The van der Waals surface area contributed by atoms with Crippen molar-refractivity contribution in [3.63, 3.8) is 0 Å². The van der Waals surface area contributed by atoms with Crippen molar-refractivity contribution in [2.75, 3.05) is 5.32 Å². The van der Waals surface area contributed by atoms with Gasteiger partial charge in [0, 0.05) is 11.6 Å². The number of hydrogen-bond acceptors (Lipinski definition) is 3. The number of nitrogens with two attached hydrogens (primary N) is 1. The van der Waals surface area contributed by atoms with Gasteiger partial charge in [0.15, 0.2) is 17.5 Å². The van der Waals surface area contributed by atoms with Crippen molar-refractivity contribution in [3.8, 4) is 0 Å². The summed E-state index contributed by atoms with van der Waals surface area (Å²) in [6.45, 7) is 1.12. The minimum absolute atomic E-state index is 0.141. The Hall–Kier alpha value is -2.54. The molecule has 4 nitrogen and oxygen atoms in total. The average molecular weight is 295 g/mol. The maximum absolute atomic E-state index is 13.9. The molecule has 0 spiro atoms. The molecule has 0 heterocycles. The van der Waals surface area contributed by atoms with Gasteiger partial charge in [0.2, 0.25) is 0 Å². The van der Waals surface area contributed by atoms with Crippen LogP contribution in [0.5, 0.6) is 0 Å². The second-order valence-corrected chi connectivity index (χ2v) is 4.30. The monoisotopic (exact) mass is 295 g/mol. The summed E-state index contributed by atoms with van der Waals surface area (Å²) in [5.41, 5.74) is 1.58. The van der Waals surface area contributed by atoms with E-state index in [9.17, 15) is 18.0 Å². The molecule has 110 valence electrons. The summed E-state index contributed by atoms with van der Waals surface area (Å²) in [4.78, 5) is 11.6. The quantitative estimate of drug-likeness (QED) is 0.353. The van der Waals surface area contributed by atoms with E-state index < -0.39 is 28.9 Å². The lowest BCUT2D eigenvalue weighted by Gasteiger charge is -2.13. The lowest BCUT2D eigenvalue weighted by Crippen LogP contribution is -2.30. The third-order valence-corrected chi connectivity index (χ3v) is 2.95. The molecule has 0 atom stereocenters. The predicted octanol–water partition coefficient (Wildman–Crippen LogP) is 2.76. The Balaban J connectivity index is 2.47. The Morgan fingerprint density at radius 3 is 2.43 bits per heavy atom. The van der Waals surface area contributed by atoms with Crippen molar-refractivity contribution in [3.05, 3.63) is 58.9 Å². The van der Waals surface area contributed by atoms with Gasteiger partial charge in [0.05, 0.1) is 16.9 Å². The molecular formula is C14H12F3N3O. The zero-order valence-electron chi connectivity index (χ0n) is 11.0. The van der Waals surface area contributed by atoms with Crippen LogP contribution in [0.25, 0.3) is 0 Å². The maximum atomic E-state index is 13.9. The first kappa shape index (κ1) is 14.9. The molecule has 2 aromatic rings. The average Bonchev–Trinajstić information content (AvgIpc) is 2.50. The van der Waals surface area contributed by atoms with Crippen LogP contribution in [0, 0.1) is 24.4 Å². The fourth-order valence-corrected chi connectivity index (χ4v) is 1.83. The largest absolute Gasteiger partial charge is 0.352 e. The Bertz CT molecular complexity index is 704. The van der Waals surface area contributed by atoms with Crippen LogP contribution in [0.3, 0.4) is 0 Å². The summed E-state index contributed by atoms with van der Waals surface area (Å²) in [6.07, 6.45) is 0. The lowest BCUT2D eigenvalue weighted by molar-refractivity contribution is 0.0954. The highest BCUT2D eigenvalue weighted by molar-refractivity contribution is 5.99. The molecule has 0 aromatic heterocycles. The summed E-state index contributed by atoms with van der Waals surface area (Å²) >= 11 is 0. The maximum Gasteiger partial charge on any atom is 0.267 e. The molecule has 0 saturated heterocycles. The zero-order valence-corrected chi connectivity index (χ0v) is 11.0. The third-order valence-electron chi connectivity index (χ3n) is 2.95. The van der Waals surface area contributed by atoms with Crippen LogP contribution in [0.2, 0.25) is 0 Å². The summed E-state index contributed by atoms with van der Waals surface area (Å²) in [7, 11) is 0. The van der Waals surface area contributed by atoms with E-state index in [1.54, 1.807) is 12.1 Å². The number of amides is 1. The number of hydrazine groups is 1. The molecule has 0 aliphatic carbocycles. The number of rotatable bonds is 3. The number of anilines is 2. The molecule has 0 radical (unpaired) electrons. The van der Waals surface area contributed by atoms with Crippen LogP contribution in [0.15, 0.2) is 30.3 Å². The van der Waals surface area contributed by atoms with E-state index in [2.05, 4.69) is 5.32 Å². The topological polar surface area (TPSA) is 67.2 Å². The fraction of sp³-hybridized carbons (Fsp3) is 0.0714. The van der Waals surface area contributed by atoms with Gasteiger partial charge in [0.1, 0.15) is 0 Å². The molecule has 0 fully saturated rings. The van der Waals surface area contributed by atoms with Crippen LogP contribution >= 0.6 is 0 Å². The van der Waals surface area contributed by atoms with E-state index in [0.717, 1.165) is 6.92 Å². The van der Waals surface area contributed by atoms with Gasteiger partial charge >= 0.3 is 0 Å². The second kappa shape index (κ2) is 5.84. The van der Waals surface area contributed by atoms with Gasteiger partial charge in [-0.3, -0.25) is 10.2 Å². The first-order valence-corrected chi connectivity index (χ1v) is 5.96. The molecule has 0 aliphatic rings. The number of halogens is 3. The van der Waals surface area contributed by atoms with Crippen LogP contribution < -0.4 is 16.6 Å². The van der Waals surface area contributed by atoms with Gasteiger partial charge < -0.3 is 5.32 Å². The molecule has 0 unspecified atom stereocenters. The Morgan fingerprint density at radius 1 is 1.10 bits per heavy atom. The molecule has 0 saturated carbocycles. The van der Waals surface area contributed by atoms with Crippen molar-refractivity contribution in [2.45, 2.75) is 6.92 Å². The van der Waals surface area contributed by atoms with Crippen molar-refractivity contribution in [1.29, 1.82) is 0 Å². The fourth-order valence-electron chi connectivity index (χ4n) is 1.83. The van der Waals surface area contributed by atoms with E-state index in [1.807, 2.05) is 5.43 Å². The lowest BCUT2D eigenvalue weighted by atomic mass is 10.1. The molecule has 1 amide bonds. The second-order valence-electron chi connectivity index (χ2n) is 4.30. The summed E-state index contributed by atoms with van der Waals surface area (Å²) < 4.78 is 40.6. The van der Waals surface area contributed by atoms with E-state index in [0.29, 0.717) is 6.07 Å². The van der Waals surface area contributed by atoms with Crippen molar-refractivity contribution in [1.82, 2.24) is 5.43 Å². The molecule has 2 aromatic carbocycles. The molecule has 4 N–H and O–H groups in total. The van der Waals surface area contributed by atoms with Crippen LogP contribution in [-0.2, 0) is 0 Å². The number of para-hydroxylation sites is 1. The normalized spacial score (nSPS) is 10.3. The minimum Gasteiger partial charge on any atom is -0.352 e. The summed E-state index contributed by atoms with van der Waals surface area (Å²) in [6, 6.07) is 6.81. The smallest absolute Gasteiger partial charge is 0.267 e. The van der Waals surface area contributed by atoms with E-state index >= 15 is 0 Å². The van der Waals surface area contributed by atoms with Gasteiger partial charge in [-0.2, -0.15) is 0 Å². The minimum atomic E-state index is -1.24. The van der Waals surface area contributed by atoms with Crippen LogP contribution in [0.1, 0.15) is 15.9 Å². The SMILES string of the molecule is Cc1c(F)c(F)cc(Nc2ccccc2C(=O)NN)c1F. The van der Waals surface area contributed by atoms with E-state index in [1.165, 1.54) is 12.1 Å². The van der Waals surface area contributed by atoms with Crippen molar-refractivity contribution in [2.24, 2.45) is 5.84 Å². The Kier molecular flexibility index (Phi) is 4.13. The third kappa shape index (κ3) is 2.82. The number of benzene rings is 2. The molecule has 2 rings (SSSR count). The highest BCUT2D eigenvalue weighted by atomic mass is 19.2. The number of nitrogens with one attached hydrogen (secondary N) is 2. The van der Waals surface area contributed by atoms with Crippen molar-refractivity contribution < 1.29 is 18.0 Å². The molecule has 0 bridgehead atoms.